The standard InChI is InChI=1S/C17H15NO4/c19-8-13-3-11-5-15(10-1-2-16(21)17(22)6-10)18-7-12(11)4-14(13)9-20/h1-7,19-22H,8-9H2. The molecule has 0 aliphatic rings. The maximum absolute atomic E-state index is 9.59. The SMILES string of the molecule is OCc1cc2cnc(-c3ccc(O)c(O)c3)cc2cc1CO. The summed E-state index contributed by atoms with van der Waals surface area (Å²) in [4.78, 5) is 4.34. The molecule has 4 N–H and O–H groups in total. The van der Waals surface area contributed by atoms with Crippen molar-refractivity contribution in [2.45, 2.75) is 13.2 Å². The average Bonchev–Trinajstić information content (AvgIpc) is 2.55. The van der Waals surface area contributed by atoms with Crippen LogP contribution in [0.1, 0.15) is 11.1 Å². The molecule has 3 aromatic rings. The third kappa shape index (κ3) is 2.47. The summed E-state index contributed by atoms with van der Waals surface area (Å²) < 4.78 is 0. The summed E-state index contributed by atoms with van der Waals surface area (Å²) in [5.41, 5.74) is 2.66. The van der Waals surface area contributed by atoms with Crippen molar-refractivity contribution in [3.8, 4) is 22.8 Å². The second-order valence-corrected chi connectivity index (χ2v) is 5.06. The fourth-order valence-electron chi connectivity index (χ4n) is 2.42. The van der Waals surface area contributed by atoms with E-state index >= 15 is 0 Å². The topological polar surface area (TPSA) is 93.8 Å². The number of aliphatic hydroxyl groups excluding tert-OH is 2. The molecular weight excluding hydrogens is 282 g/mol. The molecule has 1 heterocycles. The number of hydrogen-bond donors (Lipinski definition) is 4. The molecule has 0 atom stereocenters. The molecule has 112 valence electrons. The van der Waals surface area contributed by atoms with Gasteiger partial charge < -0.3 is 20.4 Å². The van der Waals surface area contributed by atoms with Crippen LogP contribution in [-0.4, -0.2) is 25.4 Å². The Morgan fingerprint density at radius 2 is 1.45 bits per heavy atom. The Balaban J connectivity index is 2.14. The van der Waals surface area contributed by atoms with Crippen molar-refractivity contribution < 1.29 is 20.4 Å². The van der Waals surface area contributed by atoms with Crippen LogP contribution < -0.4 is 0 Å². The highest BCUT2D eigenvalue weighted by Gasteiger charge is 2.08. The fourth-order valence-corrected chi connectivity index (χ4v) is 2.42. The number of aromatic hydroxyl groups is 2. The normalized spacial score (nSPS) is 11.0. The predicted molar refractivity (Wildman–Crippen MR) is 82.4 cm³/mol. The van der Waals surface area contributed by atoms with E-state index in [-0.39, 0.29) is 24.7 Å². The van der Waals surface area contributed by atoms with Crippen LogP contribution in [0.25, 0.3) is 22.0 Å². The number of fused-ring (bicyclic) bond motifs is 1. The Kier molecular flexibility index (Phi) is 3.66. The number of aromatic nitrogens is 1. The first-order valence-corrected chi connectivity index (χ1v) is 6.78. The van der Waals surface area contributed by atoms with E-state index in [0.717, 1.165) is 10.8 Å². The van der Waals surface area contributed by atoms with Gasteiger partial charge in [0.2, 0.25) is 0 Å². The van der Waals surface area contributed by atoms with E-state index in [9.17, 15) is 20.4 Å². The lowest BCUT2D eigenvalue weighted by atomic mass is 10.0. The fraction of sp³-hybridized carbons (Fsp3) is 0.118. The van der Waals surface area contributed by atoms with Gasteiger partial charge in [0.25, 0.3) is 0 Å². The molecule has 0 aliphatic carbocycles. The number of pyridine rings is 1. The maximum Gasteiger partial charge on any atom is 0.158 e. The highest BCUT2D eigenvalue weighted by atomic mass is 16.3. The van der Waals surface area contributed by atoms with E-state index in [0.29, 0.717) is 22.4 Å². The van der Waals surface area contributed by atoms with Gasteiger partial charge in [-0.3, -0.25) is 4.98 Å². The van der Waals surface area contributed by atoms with Gasteiger partial charge in [-0.25, -0.2) is 0 Å². The largest absolute Gasteiger partial charge is 0.504 e. The van der Waals surface area contributed by atoms with Crippen molar-refractivity contribution in [3.05, 3.63) is 53.7 Å². The molecule has 0 unspecified atom stereocenters. The number of phenols is 2. The van der Waals surface area contributed by atoms with Gasteiger partial charge in [-0.05, 0) is 52.9 Å². The minimum absolute atomic E-state index is 0.139. The molecule has 0 fully saturated rings. The predicted octanol–water partition coefficient (Wildman–Crippen LogP) is 2.30. The molecule has 5 nitrogen and oxygen atoms in total. The van der Waals surface area contributed by atoms with Crippen molar-refractivity contribution in [1.82, 2.24) is 4.98 Å². The summed E-state index contributed by atoms with van der Waals surface area (Å²) in [5, 5.41) is 39.4. The van der Waals surface area contributed by atoms with Crippen LogP contribution in [0.5, 0.6) is 11.5 Å². The molecule has 5 heteroatoms. The number of nitrogens with zero attached hydrogens (tertiary/aromatic N) is 1. The first-order chi connectivity index (χ1) is 10.6. The van der Waals surface area contributed by atoms with E-state index in [4.69, 9.17) is 0 Å². The number of hydrogen-bond acceptors (Lipinski definition) is 5. The number of phenolic OH excluding ortho intramolecular Hbond substituents is 2. The van der Waals surface area contributed by atoms with Gasteiger partial charge in [0.05, 0.1) is 18.9 Å². The zero-order chi connectivity index (χ0) is 15.7. The summed E-state index contributed by atoms with van der Waals surface area (Å²) in [7, 11) is 0. The first-order valence-electron chi connectivity index (χ1n) is 6.78. The zero-order valence-corrected chi connectivity index (χ0v) is 11.7. The highest BCUT2D eigenvalue weighted by Crippen LogP contribution is 2.31. The minimum Gasteiger partial charge on any atom is -0.504 e. The van der Waals surface area contributed by atoms with Crippen LogP contribution in [0.2, 0.25) is 0 Å². The van der Waals surface area contributed by atoms with Gasteiger partial charge in [0.1, 0.15) is 0 Å². The molecule has 0 spiro atoms. The number of aliphatic hydroxyl groups is 2. The van der Waals surface area contributed by atoms with Gasteiger partial charge in [0.15, 0.2) is 11.5 Å². The van der Waals surface area contributed by atoms with Crippen LogP contribution in [0, 0.1) is 0 Å². The monoisotopic (exact) mass is 297 g/mol. The minimum atomic E-state index is -0.203. The van der Waals surface area contributed by atoms with Crippen molar-refractivity contribution in [2.75, 3.05) is 0 Å². The van der Waals surface area contributed by atoms with E-state index < -0.39 is 0 Å². The summed E-state index contributed by atoms with van der Waals surface area (Å²) >= 11 is 0. The molecule has 0 radical (unpaired) electrons. The molecule has 0 amide bonds. The molecule has 0 aliphatic heterocycles. The van der Waals surface area contributed by atoms with Crippen molar-refractivity contribution in [1.29, 1.82) is 0 Å². The van der Waals surface area contributed by atoms with Crippen molar-refractivity contribution >= 4 is 10.8 Å². The van der Waals surface area contributed by atoms with Gasteiger partial charge in [-0.15, -0.1) is 0 Å². The van der Waals surface area contributed by atoms with Gasteiger partial charge in [0, 0.05) is 17.1 Å². The smallest absolute Gasteiger partial charge is 0.158 e. The molecular formula is C17H15NO4. The van der Waals surface area contributed by atoms with Crippen LogP contribution in [-0.2, 0) is 13.2 Å². The lowest BCUT2D eigenvalue weighted by molar-refractivity contribution is 0.260. The Labute approximate surface area is 126 Å². The third-order valence-electron chi connectivity index (χ3n) is 3.65. The lowest BCUT2D eigenvalue weighted by Gasteiger charge is -2.09. The van der Waals surface area contributed by atoms with Crippen LogP contribution >= 0.6 is 0 Å². The summed E-state index contributed by atoms with van der Waals surface area (Å²) in [6.45, 7) is -0.289. The summed E-state index contributed by atoms with van der Waals surface area (Å²) in [6, 6.07) is 9.96. The van der Waals surface area contributed by atoms with Crippen molar-refractivity contribution in [3.63, 3.8) is 0 Å². The Morgan fingerprint density at radius 3 is 2.09 bits per heavy atom. The van der Waals surface area contributed by atoms with Crippen LogP contribution in [0.15, 0.2) is 42.6 Å². The third-order valence-corrected chi connectivity index (χ3v) is 3.65. The Bertz CT molecular complexity index is 845. The number of rotatable bonds is 3. The second kappa shape index (κ2) is 5.63. The van der Waals surface area contributed by atoms with E-state index in [1.807, 2.05) is 12.1 Å². The molecule has 2 aromatic carbocycles. The van der Waals surface area contributed by atoms with Crippen molar-refractivity contribution in [2.24, 2.45) is 0 Å². The van der Waals surface area contributed by atoms with Crippen LogP contribution in [0.4, 0.5) is 0 Å². The zero-order valence-electron chi connectivity index (χ0n) is 11.7. The molecule has 0 bridgehead atoms. The van der Waals surface area contributed by atoms with E-state index in [2.05, 4.69) is 4.98 Å². The maximum atomic E-state index is 9.59. The molecule has 0 saturated heterocycles. The van der Waals surface area contributed by atoms with Gasteiger partial charge in [-0.2, -0.15) is 0 Å². The molecule has 0 saturated carbocycles. The van der Waals surface area contributed by atoms with Crippen LogP contribution in [0.3, 0.4) is 0 Å². The average molecular weight is 297 g/mol. The van der Waals surface area contributed by atoms with Gasteiger partial charge in [-0.1, -0.05) is 0 Å². The highest BCUT2D eigenvalue weighted by molar-refractivity contribution is 5.86. The number of benzene rings is 2. The first kappa shape index (κ1) is 14.3. The molecule has 1 aromatic heterocycles. The second-order valence-electron chi connectivity index (χ2n) is 5.06. The molecule has 22 heavy (non-hydrogen) atoms. The Hall–Kier alpha value is -2.63. The van der Waals surface area contributed by atoms with E-state index in [1.165, 1.54) is 12.1 Å². The summed E-state index contributed by atoms with van der Waals surface area (Å²) in [5.74, 6) is -0.384. The van der Waals surface area contributed by atoms with Gasteiger partial charge >= 0.3 is 0 Å². The van der Waals surface area contributed by atoms with E-state index in [1.54, 1.807) is 18.3 Å². The Morgan fingerprint density at radius 1 is 0.773 bits per heavy atom. The quantitative estimate of drug-likeness (QED) is 0.557. The summed E-state index contributed by atoms with van der Waals surface area (Å²) in [6.07, 6.45) is 1.68. The lowest BCUT2D eigenvalue weighted by Crippen LogP contribution is -1.95. The molecule has 3 rings (SSSR count).